The standard InChI is InChI=1S/C52H68N7O29P3S4/c1-32-9-11-37-41(38-13-14-40(53)45(95(76,77)78)43(38)86-42(37)44(32)94(73,74)75)39-28-33(10-12-36(39)48(61)62)47(60)55-18-24-80-26-27-81-25-19-57-51(65)84-23-16-52(2,3)93-92-31-82-21-5-6-22-83-50(64)56-17-7-8-34-29-59(49(63)58-46(34)54)20-15-35(79-4)30-85-90(69,70)88-91(71,72)87-89(66,67)68/h9-14,28-29,35H,1,5-6,15-27,30-31,53H2,2-4H3,(H,55,60)(H,56,64)(H,57,65)(H,61,62)(H,69,70)(H,71,72)(H2,54,58,63)(H2,66,67,68)(H,73,74,75)(H,76,77,78)/t35-/m0/s1. The van der Waals surface area contributed by atoms with Crippen LogP contribution in [0, 0.1) is 11.8 Å². The van der Waals surface area contributed by atoms with Crippen LogP contribution in [0.25, 0.3) is 12.2 Å². The van der Waals surface area contributed by atoms with Crippen LogP contribution in [0.2, 0.25) is 0 Å². The molecular formula is C52H68N7O29P3S4. The fourth-order valence-electron chi connectivity index (χ4n) is 8.16. The van der Waals surface area contributed by atoms with Crippen molar-refractivity contribution >= 4 is 113 Å². The SMILES string of the molecule is C=c1ccc2c(c1S(=O)(=O)O)Oc1c(ccc(N)c1S(=O)(=O)O)C=2c1cc(C(=O)NCCOCCOCCNC(=O)OCCC(C)(C)SSCOCCCCOC(=O)NCC#Cc2cn(CC[C@@H](COP(=O)(O)OP(=O)(O)OP(=O)(O)O)OC)c(=O)nc2N)ccc1C(=O)O. The normalized spacial score (nSPS) is 13.9. The van der Waals surface area contributed by atoms with E-state index in [0.29, 0.717) is 31.8 Å². The van der Waals surface area contributed by atoms with E-state index in [-0.39, 0.29) is 121 Å². The van der Waals surface area contributed by atoms with Gasteiger partial charge in [-0.05, 0) is 86.7 Å². The van der Waals surface area contributed by atoms with Crippen LogP contribution in [0.1, 0.15) is 76.9 Å². The fraction of sp³-hybridized carbons (Fsp3) is 0.423. The highest BCUT2D eigenvalue weighted by atomic mass is 33.1. The number of nitrogens with one attached hydrogen (secondary N) is 3. The minimum absolute atomic E-state index is 0.0129. The first-order valence-electron chi connectivity index (χ1n) is 27.5. The average Bonchev–Trinajstić information content (AvgIpc) is 0.722. The molecule has 3 amide bonds. The lowest BCUT2D eigenvalue weighted by molar-refractivity contribution is 0.0370. The summed E-state index contributed by atoms with van der Waals surface area (Å²) in [4.78, 5) is 101. The Morgan fingerprint density at radius 1 is 0.800 bits per heavy atom. The summed E-state index contributed by atoms with van der Waals surface area (Å²) in [6.45, 7) is 7.60. The number of anilines is 2. The van der Waals surface area contributed by atoms with Crippen molar-refractivity contribution in [2.24, 2.45) is 0 Å². The van der Waals surface area contributed by atoms with E-state index in [9.17, 15) is 78.5 Å². The summed E-state index contributed by atoms with van der Waals surface area (Å²) >= 11 is 0. The Morgan fingerprint density at radius 2 is 1.45 bits per heavy atom. The minimum Gasteiger partial charge on any atom is -0.478 e. The molecule has 14 N–H and O–H groups in total. The maximum absolute atomic E-state index is 13.4. The number of carboxylic acids is 1. The van der Waals surface area contributed by atoms with Crippen molar-refractivity contribution in [1.82, 2.24) is 25.5 Å². The van der Waals surface area contributed by atoms with Gasteiger partial charge in [-0.25, -0.2) is 32.9 Å². The highest BCUT2D eigenvalue weighted by Crippen LogP contribution is 2.66. The van der Waals surface area contributed by atoms with Crippen LogP contribution >= 0.6 is 45.1 Å². The largest absolute Gasteiger partial charge is 0.490 e. The second-order valence-electron chi connectivity index (χ2n) is 20.1. The van der Waals surface area contributed by atoms with Gasteiger partial charge in [0.1, 0.15) is 16.7 Å². The molecule has 0 spiro atoms. The van der Waals surface area contributed by atoms with Crippen molar-refractivity contribution in [3.8, 4) is 23.3 Å². The van der Waals surface area contributed by atoms with E-state index < -0.39 is 119 Å². The Hall–Kier alpha value is -6.51. The summed E-state index contributed by atoms with van der Waals surface area (Å²) in [5.74, 6) is 1.92. The van der Waals surface area contributed by atoms with E-state index >= 15 is 0 Å². The number of rotatable bonds is 38. The monoisotopic (exact) mass is 1480 g/mol. The van der Waals surface area contributed by atoms with Gasteiger partial charge in [0.15, 0.2) is 16.4 Å². The molecule has 1 aliphatic rings. The van der Waals surface area contributed by atoms with Crippen LogP contribution < -0.4 is 48.3 Å². The zero-order valence-corrected chi connectivity index (χ0v) is 56.5. The number of unbranched alkanes of at least 4 members (excludes halogenated alkanes) is 1. The fourth-order valence-corrected chi connectivity index (χ4v) is 15.0. The number of aromatic nitrogens is 2. The number of fused-ring (bicyclic) bond motifs is 2. The molecule has 0 aliphatic carbocycles. The zero-order valence-electron chi connectivity index (χ0n) is 50.6. The van der Waals surface area contributed by atoms with Gasteiger partial charge in [-0.3, -0.25) is 23.0 Å². The van der Waals surface area contributed by atoms with Crippen LogP contribution in [-0.2, 0) is 82.0 Å². The molecule has 36 nitrogen and oxygen atoms in total. The number of ether oxygens (including phenoxy) is 7. The van der Waals surface area contributed by atoms with E-state index in [2.05, 4.69) is 52.5 Å². The predicted octanol–water partition coefficient (Wildman–Crippen LogP) is 2.68. The molecule has 3 atom stereocenters. The molecule has 524 valence electrons. The molecule has 2 unspecified atom stereocenters. The molecule has 4 aromatic rings. The first-order chi connectivity index (χ1) is 44.4. The summed E-state index contributed by atoms with van der Waals surface area (Å²) in [5.41, 5.74) is 9.49. The lowest BCUT2D eigenvalue weighted by Crippen LogP contribution is -2.30. The predicted molar refractivity (Wildman–Crippen MR) is 338 cm³/mol. The van der Waals surface area contributed by atoms with Crippen LogP contribution in [0.5, 0.6) is 11.5 Å². The molecule has 95 heavy (non-hydrogen) atoms. The van der Waals surface area contributed by atoms with Gasteiger partial charge in [-0.2, -0.15) is 30.4 Å². The van der Waals surface area contributed by atoms with Gasteiger partial charge in [0.2, 0.25) is 0 Å². The third-order valence-corrected chi connectivity index (χ3v) is 21.2. The van der Waals surface area contributed by atoms with Gasteiger partial charge in [-0.15, -0.1) is 0 Å². The third kappa shape index (κ3) is 25.8. The number of phosphoric ester groups is 1. The summed E-state index contributed by atoms with van der Waals surface area (Å²) in [7, 11) is -22.9. The molecule has 1 aliphatic heterocycles. The summed E-state index contributed by atoms with van der Waals surface area (Å²) in [6, 6.07) is 8.30. The number of hydrogen-bond donors (Lipinski definition) is 12. The molecule has 0 saturated heterocycles. The summed E-state index contributed by atoms with van der Waals surface area (Å²) in [5, 5.41) is 17.5. The lowest BCUT2D eigenvalue weighted by atomic mass is 9.88. The molecule has 0 fully saturated rings. The number of aryl methyl sites for hydroxylation is 1. The van der Waals surface area contributed by atoms with E-state index in [4.69, 9.17) is 54.4 Å². The van der Waals surface area contributed by atoms with Gasteiger partial charge < -0.3 is 85.3 Å². The molecule has 0 bridgehead atoms. The Bertz CT molecular complexity index is 4090. The number of phosphoric acid groups is 3. The number of carboxylic acid groups (broad SMARTS) is 1. The third-order valence-electron chi connectivity index (χ3n) is 12.5. The first kappa shape index (κ1) is 79.2. The number of aromatic carboxylic acids is 1. The van der Waals surface area contributed by atoms with E-state index in [1.165, 1.54) is 54.4 Å². The second-order valence-corrected chi connectivity index (χ2v) is 30.2. The number of nitrogens with two attached hydrogens (primary N) is 2. The van der Waals surface area contributed by atoms with E-state index in [1.807, 2.05) is 13.8 Å². The quantitative estimate of drug-likeness (QED) is 0.00514. The number of nitrogens with zero attached hydrogens (tertiary/aromatic N) is 2. The molecule has 5 rings (SSSR count). The highest BCUT2D eigenvalue weighted by molar-refractivity contribution is 8.77. The van der Waals surface area contributed by atoms with Gasteiger partial charge >= 0.3 is 47.3 Å². The number of benzene rings is 3. The maximum atomic E-state index is 13.4. The summed E-state index contributed by atoms with van der Waals surface area (Å²) in [6.07, 6.45) is 0.364. The number of nitrogen functional groups attached to an aromatic ring is 2. The van der Waals surface area contributed by atoms with Crippen molar-refractivity contribution in [3.05, 3.63) is 97.4 Å². The van der Waals surface area contributed by atoms with Gasteiger partial charge in [0, 0.05) is 66.2 Å². The highest BCUT2D eigenvalue weighted by Gasteiger charge is 2.41. The van der Waals surface area contributed by atoms with Gasteiger partial charge in [-0.1, -0.05) is 46.1 Å². The zero-order chi connectivity index (χ0) is 70.5. The lowest BCUT2D eigenvalue weighted by Gasteiger charge is -2.25. The van der Waals surface area contributed by atoms with Crippen molar-refractivity contribution < 1.29 is 130 Å². The van der Waals surface area contributed by atoms with E-state index in [0.717, 1.165) is 16.7 Å². The molecule has 2 heterocycles. The number of amides is 3. The number of carbonyl (C=O) groups excluding carboxylic acids is 3. The number of alkyl carbamates (subject to hydrolysis) is 2. The van der Waals surface area contributed by atoms with Crippen molar-refractivity contribution in [2.45, 2.75) is 66.7 Å². The van der Waals surface area contributed by atoms with Crippen LogP contribution in [0.3, 0.4) is 0 Å². The molecule has 0 saturated carbocycles. The van der Waals surface area contributed by atoms with Crippen molar-refractivity contribution in [3.63, 3.8) is 0 Å². The Kier molecular flexibility index (Phi) is 29.7. The minimum atomic E-state index is -5.73. The molecule has 3 aromatic carbocycles. The smallest absolute Gasteiger partial charge is 0.478 e. The first-order valence-corrected chi connectivity index (χ1v) is 37.2. The molecule has 43 heteroatoms. The Morgan fingerprint density at radius 3 is 2.11 bits per heavy atom. The maximum Gasteiger partial charge on any atom is 0.490 e. The topological polar surface area (TPSA) is 545 Å². The van der Waals surface area contributed by atoms with Crippen LogP contribution in [0.15, 0.2) is 63.2 Å². The van der Waals surface area contributed by atoms with Crippen LogP contribution in [0.4, 0.5) is 21.1 Å². The summed E-state index contributed by atoms with van der Waals surface area (Å²) < 4.78 is 156. The molecule has 0 radical (unpaired) electrons. The molecular weight excluding hydrogens is 1410 g/mol. The molecule has 1 aromatic heterocycles. The average molecular weight is 1480 g/mol. The number of carbonyl (C=O) groups is 4. The Balaban J connectivity index is 0.907. The van der Waals surface area contributed by atoms with Crippen molar-refractivity contribution in [1.29, 1.82) is 0 Å². The Labute approximate surface area is 550 Å². The van der Waals surface area contributed by atoms with Gasteiger partial charge in [0.25, 0.3) is 26.1 Å². The number of hydrogen-bond acceptors (Lipinski definition) is 27. The number of methoxy groups -OCH3 is 1. The second kappa shape index (κ2) is 35.7. The van der Waals surface area contributed by atoms with Crippen LogP contribution in [-0.4, -0.2) is 181 Å². The van der Waals surface area contributed by atoms with Crippen molar-refractivity contribution in [2.75, 3.05) is 97.0 Å². The van der Waals surface area contributed by atoms with E-state index in [1.54, 1.807) is 10.8 Å². The van der Waals surface area contributed by atoms with Gasteiger partial charge in [0.05, 0.1) is 75.7 Å².